The van der Waals surface area contributed by atoms with Gasteiger partial charge >= 0.3 is 0 Å². The SMILES string of the molecule is CCC(CNC(=O)CCCNC(=O)C1CC1)N1CCc2ccccc2C1. The van der Waals surface area contributed by atoms with Crippen LogP contribution in [0.4, 0.5) is 0 Å². The van der Waals surface area contributed by atoms with Crippen molar-refractivity contribution in [3.63, 3.8) is 0 Å². The van der Waals surface area contributed by atoms with Gasteiger partial charge in [0, 0.05) is 44.6 Å². The van der Waals surface area contributed by atoms with Crippen molar-refractivity contribution in [3.8, 4) is 0 Å². The molecule has 1 aromatic carbocycles. The lowest BCUT2D eigenvalue weighted by atomic mass is 9.98. The minimum atomic E-state index is 0.0848. The fourth-order valence-corrected chi connectivity index (χ4v) is 3.63. The van der Waals surface area contributed by atoms with Gasteiger partial charge in [0.15, 0.2) is 0 Å². The first-order chi connectivity index (χ1) is 12.7. The topological polar surface area (TPSA) is 61.4 Å². The zero-order chi connectivity index (χ0) is 18.4. The molecular formula is C21H31N3O2. The van der Waals surface area contributed by atoms with Gasteiger partial charge in [-0.1, -0.05) is 31.2 Å². The van der Waals surface area contributed by atoms with E-state index in [0.717, 1.165) is 38.8 Å². The predicted octanol–water partition coefficient (Wildman–Crippen LogP) is 2.25. The van der Waals surface area contributed by atoms with Gasteiger partial charge < -0.3 is 10.6 Å². The molecule has 2 aliphatic rings. The van der Waals surface area contributed by atoms with Crippen LogP contribution in [0.5, 0.6) is 0 Å². The third-order valence-electron chi connectivity index (χ3n) is 5.51. The summed E-state index contributed by atoms with van der Waals surface area (Å²) in [4.78, 5) is 26.1. The highest BCUT2D eigenvalue weighted by Crippen LogP contribution is 2.28. The second-order valence-corrected chi connectivity index (χ2v) is 7.52. The van der Waals surface area contributed by atoms with Crippen LogP contribution in [0.3, 0.4) is 0 Å². The number of nitrogens with zero attached hydrogens (tertiary/aromatic N) is 1. The second-order valence-electron chi connectivity index (χ2n) is 7.52. The summed E-state index contributed by atoms with van der Waals surface area (Å²) in [5.41, 5.74) is 2.87. The first-order valence-corrected chi connectivity index (χ1v) is 10.0. The lowest BCUT2D eigenvalue weighted by Gasteiger charge is -2.35. The van der Waals surface area contributed by atoms with Crippen LogP contribution < -0.4 is 10.6 Å². The smallest absolute Gasteiger partial charge is 0.223 e. The van der Waals surface area contributed by atoms with Crippen LogP contribution in [0.1, 0.15) is 50.2 Å². The highest BCUT2D eigenvalue weighted by atomic mass is 16.2. The Kier molecular flexibility index (Phi) is 6.67. The zero-order valence-electron chi connectivity index (χ0n) is 15.8. The first kappa shape index (κ1) is 18.9. The van der Waals surface area contributed by atoms with Gasteiger partial charge in [-0.15, -0.1) is 0 Å². The first-order valence-electron chi connectivity index (χ1n) is 10.0. The van der Waals surface area contributed by atoms with E-state index in [9.17, 15) is 9.59 Å². The van der Waals surface area contributed by atoms with E-state index in [-0.39, 0.29) is 17.7 Å². The molecule has 142 valence electrons. The van der Waals surface area contributed by atoms with Crippen LogP contribution in [0.25, 0.3) is 0 Å². The predicted molar refractivity (Wildman–Crippen MR) is 103 cm³/mol. The lowest BCUT2D eigenvalue weighted by molar-refractivity contribution is -0.123. The van der Waals surface area contributed by atoms with Gasteiger partial charge in [-0.3, -0.25) is 14.5 Å². The van der Waals surface area contributed by atoms with E-state index in [1.807, 2.05) is 0 Å². The van der Waals surface area contributed by atoms with E-state index in [4.69, 9.17) is 0 Å². The Hall–Kier alpha value is -1.88. The Morgan fingerprint density at radius 1 is 1.19 bits per heavy atom. The number of amides is 2. The number of rotatable bonds is 9. The van der Waals surface area contributed by atoms with Crippen molar-refractivity contribution in [3.05, 3.63) is 35.4 Å². The highest BCUT2D eigenvalue weighted by molar-refractivity contribution is 5.81. The van der Waals surface area contributed by atoms with Gasteiger partial charge in [-0.05, 0) is 43.2 Å². The molecule has 1 heterocycles. The Labute approximate surface area is 156 Å². The lowest BCUT2D eigenvalue weighted by Crippen LogP contribution is -2.45. The number of nitrogens with one attached hydrogen (secondary N) is 2. The average Bonchev–Trinajstić information content (AvgIpc) is 3.51. The van der Waals surface area contributed by atoms with Gasteiger partial charge in [-0.25, -0.2) is 0 Å². The Morgan fingerprint density at radius 2 is 1.96 bits per heavy atom. The van der Waals surface area contributed by atoms with Crippen molar-refractivity contribution in [1.29, 1.82) is 0 Å². The van der Waals surface area contributed by atoms with Crippen molar-refractivity contribution in [2.75, 3.05) is 19.6 Å². The molecule has 0 spiro atoms. The summed E-state index contributed by atoms with van der Waals surface area (Å²) in [5, 5.41) is 5.99. The molecule has 1 aromatic rings. The summed E-state index contributed by atoms with van der Waals surface area (Å²) >= 11 is 0. The molecule has 1 aliphatic carbocycles. The van der Waals surface area contributed by atoms with Crippen molar-refractivity contribution in [1.82, 2.24) is 15.5 Å². The number of benzene rings is 1. The molecule has 0 radical (unpaired) electrons. The molecule has 1 atom stereocenters. The molecule has 3 rings (SSSR count). The molecule has 2 N–H and O–H groups in total. The number of hydrogen-bond acceptors (Lipinski definition) is 3. The van der Waals surface area contributed by atoms with E-state index in [0.29, 0.717) is 32.0 Å². The van der Waals surface area contributed by atoms with E-state index in [2.05, 4.69) is 46.7 Å². The van der Waals surface area contributed by atoms with Crippen molar-refractivity contribution in [2.45, 2.75) is 58.0 Å². The summed E-state index contributed by atoms with van der Waals surface area (Å²) in [5.74, 6) is 0.479. The van der Waals surface area contributed by atoms with E-state index in [1.165, 1.54) is 11.1 Å². The maximum atomic E-state index is 12.1. The number of fused-ring (bicyclic) bond motifs is 1. The Balaban J connectivity index is 1.35. The monoisotopic (exact) mass is 357 g/mol. The van der Waals surface area contributed by atoms with E-state index < -0.39 is 0 Å². The molecule has 0 saturated heterocycles. The van der Waals surface area contributed by atoms with Crippen LogP contribution in [-0.4, -0.2) is 42.4 Å². The molecule has 1 fully saturated rings. The fourth-order valence-electron chi connectivity index (χ4n) is 3.63. The third-order valence-corrected chi connectivity index (χ3v) is 5.51. The molecule has 5 heteroatoms. The normalized spacial score (nSPS) is 18.0. The molecule has 0 bridgehead atoms. The summed E-state index contributed by atoms with van der Waals surface area (Å²) in [6, 6.07) is 9.02. The van der Waals surface area contributed by atoms with Gasteiger partial charge in [0.1, 0.15) is 0 Å². The molecule has 26 heavy (non-hydrogen) atoms. The number of carbonyl (C=O) groups excluding carboxylic acids is 2. The van der Waals surface area contributed by atoms with Crippen LogP contribution >= 0.6 is 0 Å². The Bertz CT molecular complexity index is 627. The van der Waals surface area contributed by atoms with Crippen LogP contribution in [0, 0.1) is 5.92 Å². The molecule has 1 saturated carbocycles. The molecule has 5 nitrogen and oxygen atoms in total. The van der Waals surface area contributed by atoms with E-state index >= 15 is 0 Å². The van der Waals surface area contributed by atoms with Crippen molar-refractivity contribution in [2.24, 2.45) is 5.92 Å². The summed E-state index contributed by atoms with van der Waals surface area (Å²) in [6.07, 6.45) is 5.33. The number of carbonyl (C=O) groups is 2. The van der Waals surface area contributed by atoms with Gasteiger partial charge in [-0.2, -0.15) is 0 Å². The average molecular weight is 357 g/mol. The largest absolute Gasteiger partial charge is 0.356 e. The second kappa shape index (κ2) is 9.17. The van der Waals surface area contributed by atoms with Gasteiger partial charge in [0.25, 0.3) is 0 Å². The van der Waals surface area contributed by atoms with Crippen molar-refractivity contribution >= 4 is 11.8 Å². The van der Waals surface area contributed by atoms with Crippen molar-refractivity contribution < 1.29 is 9.59 Å². The minimum absolute atomic E-state index is 0.0848. The Morgan fingerprint density at radius 3 is 2.69 bits per heavy atom. The van der Waals surface area contributed by atoms with Gasteiger partial charge in [0.2, 0.25) is 11.8 Å². The quantitative estimate of drug-likeness (QED) is 0.667. The standard InChI is InChI=1S/C21H31N3O2/c1-2-19(24-13-11-16-6-3-4-7-18(16)15-24)14-23-20(25)8-5-12-22-21(26)17-9-10-17/h3-4,6-7,17,19H,2,5,8-15H2,1H3,(H,22,26)(H,23,25). The summed E-state index contributed by atoms with van der Waals surface area (Å²) in [6.45, 7) is 5.51. The minimum Gasteiger partial charge on any atom is -0.356 e. The zero-order valence-corrected chi connectivity index (χ0v) is 15.8. The highest BCUT2D eigenvalue weighted by Gasteiger charge is 2.29. The van der Waals surface area contributed by atoms with E-state index in [1.54, 1.807) is 0 Å². The fraction of sp³-hybridized carbons (Fsp3) is 0.619. The molecule has 0 aromatic heterocycles. The van der Waals surface area contributed by atoms with Gasteiger partial charge in [0.05, 0.1) is 0 Å². The maximum Gasteiger partial charge on any atom is 0.223 e. The maximum absolute atomic E-state index is 12.1. The van der Waals surface area contributed by atoms with Crippen LogP contribution in [0.2, 0.25) is 0 Å². The van der Waals surface area contributed by atoms with Crippen LogP contribution in [0.15, 0.2) is 24.3 Å². The number of hydrogen-bond donors (Lipinski definition) is 2. The molecule has 1 aliphatic heterocycles. The van der Waals surface area contributed by atoms with Crippen LogP contribution in [-0.2, 0) is 22.6 Å². The molecule has 2 amide bonds. The molecular weight excluding hydrogens is 326 g/mol. The summed E-state index contributed by atoms with van der Waals surface area (Å²) < 4.78 is 0. The summed E-state index contributed by atoms with van der Waals surface area (Å²) in [7, 11) is 0. The third kappa shape index (κ3) is 5.31. The molecule has 1 unspecified atom stereocenters.